The van der Waals surface area contributed by atoms with Crippen LogP contribution in [0.25, 0.3) is 0 Å². The topological polar surface area (TPSA) is 110 Å². The van der Waals surface area contributed by atoms with Crippen molar-refractivity contribution in [2.75, 3.05) is 0 Å². The Hall–Kier alpha value is -2.49. The first-order valence-electron chi connectivity index (χ1n) is 4.29. The zero-order chi connectivity index (χ0) is 12.3. The fourth-order valence-corrected chi connectivity index (χ4v) is 1.24. The second-order valence-electron chi connectivity index (χ2n) is 3.11. The molecule has 0 unspecified atom stereocenters. The Morgan fingerprint density at radius 2 is 1.94 bits per heavy atom. The van der Waals surface area contributed by atoms with E-state index in [0.717, 1.165) is 12.1 Å². The number of nitro groups is 2. The van der Waals surface area contributed by atoms with E-state index in [-0.39, 0.29) is 11.3 Å². The van der Waals surface area contributed by atoms with E-state index in [1.54, 1.807) is 0 Å². The lowest BCUT2D eigenvalue weighted by molar-refractivity contribution is -0.394. The van der Waals surface area contributed by atoms with Gasteiger partial charge in [-0.15, -0.1) is 0 Å². The molecular formula is C9H7N3O4. The first kappa shape index (κ1) is 11.6. The number of non-ortho nitro benzene ring substituents is 1. The summed E-state index contributed by atoms with van der Waals surface area (Å²) in [4.78, 5) is 19.7. The first-order chi connectivity index (χ1) is 7.47. The van der Waals surface area contributed by atoms with Crippen molar-refractivity contribution < 1.29 is 9.85 Å². The molecule has 1 aromatic carbocycles. The molecule has 0 spiro atoms. The second kappa shape index (κ2) is 4.35. The molecule has 0 amide bonds. The van der Waals surface area contributed by atoms with Crippen LogP contribution in [0.2, 0.25) is 0 Å². The summed E-state index contributed by atoms with van der Waals surface area (Å²) in [5, 5.41) is 29.8. The van der Waals surface area contributed by atoms with Crippen molar-refractivity contribution in [1.82, 2.24) is 0 Å². The molecule has 0 aliphatic carbocycles. The summed E-state index contributed by atoms with van der Waals surface area (Å²) in [6.07, 6.45) is 0. The first-order valence-corrected chi connectivity index (χ1v) is 4.29. The van der Waals surface area contributed by atoms with E-state index in [1.165, 1.54) is 13.0 Å². The Bertz CT molecular complexity index is 492. The third-order valence-electron chi connectivity index (χ3n) is 2.08. The van der Waals surface area contributed by atoms with Crippen molar-refractivity contribution in [3.63, 3.8) is 0 Å². The Kier molecular flexibility index (Phi) is 3.15. The number of nitro benzene ring substituents is 2. The number of hydrogen-bond acceptors (Lipinski definition) is 5. The minimum Gasteiger partial charge on any atom is -0.258 e. The van der Waals surface area contributed by atoms with Gasteiger partial charge in [0.15, 0.2) is 0 Å². The molecule has 0 heterocycles. The van der Waals surface area contributed by atoms with E-state index in [0.29, 0.717) is 0 Å². The van der Waals surface area contributed by atoms with Crippen LogP contribution in [0.15, 0.2) is 18.2 Å². The predicted octanol–water partition coefficient (Wildman–Crippen LogP) is 2.13. The van der Waals surface area contributed by atoms with Gasteiger partial charge in [0.2, 0.25) is 0 Å². The quantitative estimate of drug-likeness (QED) is 0.573. The van der Waals surface area contributed by atoms with Crippen molar-refractivity contribution in [3.8, 4) is 6.07 Å². The fraction of sp³-hybridized carbons (Fsp3) is 0.222. The molecule has 0 N–H and O–H groups in total. The van der Waals surface area contributed by atoms with Gasteiger partial charge in [0, 0.05) is 11.6 Å². The van der Waals surface area contributed by atoms with Crippen molar-refractivity contribution in [2.45, 2.75) is 12.8 Å². The molecule has 7 heteroatoms. The van der Waals surface area contributed by atoms with Gasteiger partial charge in [-0.1, -0.05) is 0 Å². The summed E-state index contributed by atoms with van der Waals surface area (Å²) in [5.41, 5.74) is -0.582. The van der Waals surface area contributed by atoms with Gasteiger partial charge < -0.3 is 0 Å². The molecule has 0 saturated carbocycles. The molecule has 1 rings (SSSR count). The lowest BCUT2D eigenvalue weighted by Gasteiger charge is -2.03. The van der Waals surface area contributed by atoms with Crippen LogP contribution in [-0.2, 0) is 0 Å². The maximum atomic E-state index is 10.7. The van der Waals surface area contributed by atoms with Crippen LogP contribution in [0.1, 0.15) is 18.4 Å². The summed E-state index contributed by atoms with van der Waals surface area (Å²) in [6.45, 7) is 1.49. The van der Waals surface area contributed by atoms with E-state index in [2.05, 4.69) is 0 Å². The van der Waals surface area contributed by atoms with Gasteiger partial charge in [-0.2, -0.15) is 5.26 Å². The standard InChI is InChI=1S/C9H7N3O4/c1-6(5-10)8-3-2-7(11(13)14)4-9(8)12(15)16/h2-4,6H,1H3/t6-/m0/s1. The van der Waals surface area contributed by atoms with Gasteiger partial charge in [0.05, 0.1) is 27.9 Å². The van der Waals surface area contributed by atoms with E-state index in [1.807, 2.05) is 6.07 Å². The normalized spacial score (nSPS) is 11.5. The van der Waals surface area contributed by atoms with Gasteiger partial charge in [0.25, 0.3) is 11.4 Å². The van der Waals surface area contributed by atoms with Crippen LogP contribution >= 0.6 is 0 Å². The monoisotopic (exact) mass is 221 g/mol. The summed E-state index contributed by atoms with van der Waals surface area (Å²) >= 11 is 0. The van der Waals surface area contributed by atoms with Gasteiger partial charge >= 0.3 is 0 Å². The highest BCUT2D eigenvalue weighted by Crippen LogP contribution is 2.29. The molecule has 0 bridgehead atoms. The zero-order valence-electron chi connectivity index (χ0n) is 8.28. The number of rotatable bonds is 3. The third kappa shape index (κ3) is 2.12. The van der Waals surface area contributed by atoms with Gasteiger partial charge in [-0.05, 0) is 13.0 Å². The van der Waals surface area contributed by atoms with Crippen molar-refractivity contribution in [1.29, 1.82) is 5.26 Å². The smallest absolute Gasteiger partial charge is 0.258 e. The van der Waals surface area contributed by atoms with Crippen LogP contribution in [0.5, 0.6) is 0 Å². The van der Waals surface area contributed by atoms with Crippen LogP contribution in [0.4, 0.5) is 11.4 Å². The minimum atomic E-state index is -0.726. The largest absolute Gasteiger partial charge is 0.280 e. The summed E-state index contributed by atoms with van der Waals surface area (Å²) < 4.78 is 0. The van der Waals surface area contributed by atoms with Gasteiger partial charge in [-0.3, -0.25) is 20.2 Å². The highest BCUT2D eigenvalue weighted by atomic mass is 16.6. The minimum absolute atomic E-state index is 0.179. The van der Waals surface area contributed by atoms with Crippen LogP contribution in [-0.4, -0.2) is 9.85 Å². The van der Waals surface area contributed by atoms with Gasteiger partial charge in [-0.25, -0.2) is 0 Å². The highest BCUT2D eigenvalue weighted by molar-refractivity contribution is 5.51. The second-order valence-corrected chi connectivity index (χ2v) is 3.11. The maximum Gasteiger partial charge on any atom is 0.280 e. The predicted molar refractivity (Wildman–Crippen MR) is 53.8 cm³/mol. The van der Waals surface area contributed by atoms with E-state index < -0.39 is 21.5 Å². The van der Waals surface area contributed by atoms with E-state index in [9.17, 15) is 20.2 Å². The van der Waals surface area contributed by atoms with Crippen LogP contribution < -0.4 is 0 Å². The summed E-state index contributed by atoms with van der Waals surface area (Å²) in [6, 6.07) is 5.10. The molecule has 1 aromatic rings. The lowest BCUT2D eigenvalue weighted by atomic mass is 10.0. The maximum absolute atomic E-state index is 10.7. The molecule has 7 nitrogen and oxygen atoms in total. The van der Waals surface area contributed by atoms with Crippen LogP contribution in [0.3, 0.4) is 0 Å². The third-order valence-corrected chi connectivity index (χ3v) is 2.08. The molecule has 0 aliphatic rings. The molecule has 0 aromatic heterocycles. The summed E-state index contributed by atoms with van der Waals surface area (Å²) in [5.74, 6) is -0.679. The number of nitrogens with zero attached hydrogens (tertiary/aromatic N) is 3. The van der Waals surface area contributed by atoms with E-state index >= 15 is 0 Å². The molecule has 0 aliphatic heterocycles. The van der Waals surface area contributed by atoms with Crippen LogP contribution in [0, 0.1) is 31.6 Å². The Morgan fingerprint density at radius 3 is 2.38 bits per heavy atom. The lowest BCUT2D eigenvalue weighted by Crippen LogP contribution is -1.99. The van der Waals surface area contributed by atoms with E-state index in [4.69, 9.17) is 5.26 Å². The molecule has 0 radical (unpaired) electrons. The Labute approximate surface area is 90.2 Å². The Morgan fingerprint density at radius 1 is 1.31 bits per heavy atom. The number of nitriles is 1. The van der Waals surface area contributed by atoms with Crippen molar-refractivity contribution >= 4 is 11.4 Å². The molecular weight excluding hydrogens is 214 g/mol. The molecule has 82 valence electrons. The average Bonchev–Trinajstić information content (AvgIpc) is 2.26. The number of hydrogen-bond donors (Lipinski definition) is 0. The average molecular weight is 221 g/mol. The van der Waals surface area contributed by atoms with Crippen molar-refractivity contribution in [2.24, 2.45) is 0 Å². The van der Waals surface area contributed by atoms with Crippen molar-refractivity contribution in [3.05, 3.63) is 44.0 Å². The number of benzene rings is 1. The molecule has 0 saturated heterocycles. The molecule has 16 heavy (non-hydrogen) atoms. The van der Waals surface area contributed by atoms with Gasteiger partial charge in [0.1, 0.15) is 0 Å². The zero-order valence-corrected chi connectivity index (χ0v) is 8.28. The SMILES string of the molecule is C[C@@H](C#N)c1ccc([N+](=O)[O-])cc1[N+](=O)[O-]. The fourth-order valence-electron chi connectivity index (χ4n) is 1.24. The Balaban J connectivity index is 3.37. The molecule has 0 fully saturated rings. The highest BCUT2D eigenvalue weighted by Gasteiger charge is 2.22. The molecule has 1 atom stereocenters. The summed E-state index contributed by atoms with van der Waals surface area (Å²) in [7, 11) is 0.